The Morgan fingerprint density at radius 1 is 1.35 bits per heavy atom. The van der Waals surface area contributed by atoms with Crippen LogP contribution in [0.3, 0.4) is 0 Å². The molecule has 5 heteroatoms. The first kappa shape index (κ1) is 13.5. The van der Waals surface area contributed by atoms with Crippen LogP contribution in [0.4, 0.5) is 4.79 Å². The highest BCUT2D eigenvalue weighted by atomic mass is 16.5. The Bertz CT molecular complexity index is 478. The predicted octanol–water partition coefficient (Wildman–Crippen LogP) is 2.32. The van der Waals surface area contributed by atoms with Gasteiger partial charge < -0.3 is 15.2 Å². The number of hydrogen-bond acceptors (Lipinski definition) is 3. The van der Waals surface area contributed by atoms with Crippen molar-refractivity contribution in [3.8, 4) is 0 Å². The molecular formula is C15H23N3O2. The van der Waals surface area contributed by atoms with E-state index in [4.69, 9.17) is 4.52 Å². The van der Waals surface area contributed by atoms with Crippen molar-refractivity contribution >= 4 is 6.03 Å². The molecule has 2 N–H and O–H groups in total. The molecule has 5 nitrogen and oxygen atoms in total. The molecule has 20 heavy (non-hydrogen) atoms. The number of fused-ring (bicyclic) bond motifs is 2. The molecule has 3 atom stereocenters. The van der Waals surface area contributed by atoms with E-state index >= 15 is 0 Å². The first-order chi connectivity index (χ1) is 9.63. The number of rotatable bonds is 4. The minimum absolute atomic E-state index is 0.0330. The third-order valence-corrected chi connectivity index (χ3v) is 4.90. The summed E-state index contributed by atoms with van der Waals surface area (Å²) >= 11 is 0. The summed E-state index contributed by atoms with van der Waals surface area (Å²) in [5.74, 6) is 2.42. The summed E-state index contributed by atoms with van der Waals surface area (Å²) in [6, 6.07) is 0.363. The molecule has 2 amide bonds. The molecule has 0 aromatic carbocycles. The summed E-state index contributed by atoms with van der Waals surface area (Å²) < 4.78 is 5.12. The highest BCUT2D eigenvalue weighted by Gasteiger charge is 2.40. The van der Waals surface area contributed by atoms with E-state index in [0.29, 0.717) is 18.5 Å². The number of urea groups is 1. The number of aromatic nitrogens is 1. The Morgan fingerprint density at radius 3 is 2.80 bits per heavy atom. The Balaban J connectivity index is 1.41. The highest BCUT2D eigenvalue weighted by molar-refractivity contribution is 5.74. The second-order valence-corrected chi connectivity index (χ2v) is 6.23. The van der Waals surface area contributed by atoms with Crippen LogP contribution in [-0.4, -0.2) is 23.8 Å². The number of nitrogens with one attached hydrogen (secondary N) is 2. The van der Waals surface area contributed by atoms with Crippen LogP contribution in [-0.2, 0) is 6.42 Å². The zero-order valence-corrected chi connectivity index (χ0v) is 12.2. The molecule has 0 radical (unpaired) electrons. The van der Waals surface area contributed by atoms with Gasteiger partial charge in [-0.25, -0.2) is 4.79 Å². The fourth-order valence-electron chi connectivity index (χ4n) is 3.80. The SMILES string of the molecule is Cc1noc(C)c1CCNC(=O)N[C@H]1C[C@@H]2CC[C@@H]1C2. The van der Waals surface area contributed by atoms with Crippen LogP contribution in [0.15, 0.2) is 4.52 Å². The molecule has 0 aliphatic heterocycles. The van der Waals surface area contributed by atoms with Crippen LogP contribution in [0.2, 0.25) is 0 Å². The monoisotopic (exact) mass is 277 g/mol. The molecule has 3 rings (SSSR count). The Morgan fingerprint density at radius 2 is 2.20 bits per heavy atom. The van der Waals surface area contributed by atoms with E-state index in [2.05, 4.69) is 15.8 Å². The summed E-state index contributed by atoms with van der Waals surface area (Å²) in [6.07, 6.45) is 5.89. The molecule has 2 bridgehead atoms. The molecule has 0 spiro atoms. The molecule has 1 aromatic rings. The van der Waals surface area contributed by atoms with E-state index in [1.807, 2.05) is 13.8 Å². The lowest BCUT2D eigenvalue weighted by molar-refractivity contribution is 0.231. The maximum Gasteiger partial charge on any atom is 0.315 e. The maximum atomic E-state index is 11.9. The number of nitrogens with zero attached hydrogens (tertiary/aromatic N) is 1. The van der Waals surface area contributed by atoms with Gasteiger partial charge in [0.2, 0.25) is 0 Å². The quantitative estimate of drug-likeness (QED) is 0.887. The molecule has 2 fully saturated rings. The molecular weight excluding hydrogens is 254 g/mol. The summed E-state index contributed by atoms with van der Waals surface area (Å²) in [5, 5.41) is 9.99. The Hall–Kier alpha value is -1.52. The van der Waals surface area contributed by atoms with Gasteiger partial charge in [-0.05, 0) is 51.4 Å². The zero-order valence-electron chi connectivity index (χ0n) is 12.2. The van der Waals surface area contributed by atoms with Gasteiger partial charge in [-0.15, -0.1) is 0 Å². The van der Waals surface area contributed by atoms with Gasteiger partial charge in [-0.2, -0.15) is 0 Å². The van der Waals surface area contributed by atoms with E-state index < -0.39 is 0 Å². The topological polar surface area (TPSA) is 67.2 Å². The van der Waals surface area contributed by atoms with Crippen LogP contribution in [0.1, 0.15) is 42.7 Å². The van der Waals surface area contributed by atoms with Crippen LogP contribution in [0.5, 0.6) is 0 Å². The van der Waals surface area contributed by atoms with E-state index in [1.54, 1.807) is 0 Å². The van der Waals surface area contributed by atoms with E-state index in [0.717, 1.165) is 29.4 Å². The third kappa shape index (κ3) is 2.67. The summed E-state index contributed by atoms with van der Waals surface area (Å²) in [7, 11) is 0. The van der Waals surface area contributed by atoms with Crippen LogP contribution < -0.4 is 10.6 Å². The molecule has 2 saturated carbocycles. The summed E-state index contributed by atoms with van der Waals surface area (Å²) in [6.45, 7) is 4.46. The standard InChI is InChI=1S/C15H23N3O2/c1-9-13(10(2)20-18-9)5-6-16-15(19)17-14-8-11-3-4-12(14)7-11/h11-12,14H,3-8H2,1-2H3,(H2,16,17,19)/t11-,12-,14+/m1/s1. The van der Waals surface area contributed by atoms with Crippen molar-refractivity contribution < 1.29 is 9.32 Å². The average molecular weight is 277 g/mol. The molecule has 1 aromatic heterocycles. The second-order valence-electron chi connectivity index (χ2n) is 6.23. The molecule has 0 unspecified atom stereocenters. The van der Waals surface area contributed by atoms with E-state index in [9.17, 15) is 4.79 Å². The second kappa shape index (κ2) is 5.46. The smallest absolute Gasteiger partial charge is 0.315 e. The first-order valence-electron chi connectivity index (χ1n) is 7.59. The van der Waals surface area contributed by atoms with Gasteiger partial charge in [-0.3, -0.25) is 0 Å². The fourth-order valence-corrected chi connectivity index (χ4v) is 3.80. The van der Waals surface area contributed by atoms with Crippen LogP contribution >= 0.6 is 0 Å². The normalized spacial score (nSPS) is 27.8. The van der Waals surface area contributed by atoms with E-state index in [1.165, 1.54) is 25.7 Å². The first-order valence-corrected chi connectivity index (χ1v) is 7.59. The summed E-state index contributed by atoms with van der Waals surface area (Å²) in [5.41, 5.74) is 2.02. The van der Waals surface area contributed by atoms with Crippen molar-refractivity contribution in [1.29, 1.82) is 0 Å². The van der Waals surface area contributed by atoms with Crippen molar-refractivity contribution in [3.63, 3.8) is 0 Å². The van der Waals surface area contributed by atoms with Gasteiger partial charge in [0.25, 0.3) is 0 Å². The van der Waals surface area contributed by atoms with Crippen LogP contribution in [0.25, 0.3) is 0 Å². The molecule has 2 aliphatic carbocycles. The largest absolute Gasteiger partial charge is 0.361 e. The van der Waals surface area contributed by atoms with Crippen molar-refractivity contribution in [1.82, 2.24) is 15.8 Å². The van der Waals surface area contributed by atoms with Crippen molar-refractivity contribution in [2.45, 2.75) is 52.0 Å². The van der Waals surface area contributed by atoms with Crippen molar-refractivity contribution in [2.75, 3.05) is 6.54 Å². The number of hydrogen-bond donors (Lipinski definition) is 2. The lowest BCUT2D eigenvalue weighted by atomic mass is 9.95. The summed E-state index contributed by atoms with van der Waals surface area (Å²) in [4.78, 5) is 11.9. The predicted molar refractivity (Wildman–Crippen MR) is 75.5 cm³/mol. The highest BCUT2D eigenvalue weighted by Crippen LogP contribution is 2.44. The Labute approximate surface area is 119 Å². The van der Waals surface area contributed by atoms with Crippen LogP contribution in [0, 0.1) is 25.7 Å². The van der Waals surface area contributed by atoms with Gasteiger partial charge in [0.15, 0.2) is 0 Å². The maximum absolute atomic E-state index is 11.9. The molecule has 0 saturated heterocycles. The Kier molecular flexibility index (Phi) is 3.68. The lowest BCUT2D eigenvalue weighted by Crippen LogP contribution is -2.44. The number of carbonyl (C=O) groups is 1. The van der Waals surface area contributed by atoms with Gasteiger partial charge >= 0.3 is 6.03 Å². The lowest BCUT2D eigenvalue weighted by Gasteiger charge is -2.23. The number of carbonyl (C=O) groups excluding carboxylic acids is 1. The minimum atomic E-state index is -0.0330. The molecule has 1 heterocycles. The average Bonchev–Trinajstić information content (AvgIpc) is 3.09. The van der Waals surface area contributed by atoms with Gasteiger partial charge in [0.1, 0.15) is 5.76 Å². The van der Waals surface area contributed by atoms with Gasteiger partial charge in [0, 0.05) is 18.2 Å². The number of amides is 2. The fraction of sp³-hybridized carbons (Fsp3) is 0.733. The van der Waals surface area contributed by atoms with Gasteiger partial charge in [-0.1, -0.05) is 11.6 Å². The van der Waals surface area contributed by atoms with Crippen molar-refractivity contribution in [3.05, 3.63) is 17.0 Å². The zero-order chi connectivity index (χ0) is 14.1. The third-order valence-electron chi connectivity index (χ3n) is 4.90. The number of aryl methyl sites for hydroxylation is 2. The van der Waals surface area contributed by atoms with E-state index in [-0.39, 0.29) is 6.03 Å². The molecule has 2 aliphatic rings. The van der Waals surface area contributed by atoms with Crippen molar-refractivity contribution in [2.24, 2.45) is 11.8 Å². The molecule has 110 valence electrons. The van der Waals surface area contributed by atoms with Gasteiger partial charge in [0.05, 0.1) is 5.69 Å². The minimum Gasteiger partial charge on any atom is -0.361 e.